The molecule has 0 rings (SSSR count). The molecule has 0 radical (unpaired) electrons. The fourth-order valence-corrected chi connectivity index (χ4v) is 11.9. The first-order valence-corrected chi connectivity index (χ1v) is 38.7. The van der Waals surface area contributed by atoms with Crippen LogP contribution in [0.4, 0.5) is 0 Å². The standard InChI is InChI=1S/C69H134O17P2/c1-9-62(8)48-40-32-27-28-34-42-50-67(72)80-56-65(85-68(73)51-43-35-25-17-13-11-10-12-15-21-29-37-45-59(2)3)58-84-88(77,78)82-54-63(70)53-81-87(75,76)83-57-64(86-69(74)52-44-36-26-20-19-23-31-39-47-61(6)7)55-79-66(71)49-41-33-24-18-14-16-22-30-38-46-60(4)5/h59-65,70H,9-58H2,1-8H3,(H,75,76)(H,77,78)/t62?,63-,64-,65-/m1/s1. The third-order valence-corrected chi connectivity index (χ3v) is 18.1. The Hall–Kier alpha value is -1.94. The van der Waals surface area contributed by atoms with Gasteiger partial charge in [0.2, 0.25) is 0 Å². The average molecular weight is 1300 g/mol. The Morgan fingerprint density at radius 1 is 0.318 bits per heavy atom. The predicted octanol–water partition coefficient (Wildman–Crippen LogP) is 19.3. The van der Waals surface area contributed by atoms with E-state index in [2.05, 4.69) is 55.4 Å². The van der Waals surface area contributed by atoms with Crippen molar-refractivity contribution in [3.63, 3.8) is 0 Å². The molecule has 19 heteroatoms. The number of aliphatic hydroxyl groups is 1. The molecular formula is C69H134O17P2. The van der Waals surface area contributed by atoms with Gasteiger partial charge in [-0.15, -0.1) is 0 Å². The smallest absolute Gasteiger partial charge is 0.462 e. The van der Waals surface area contributed by atoms with Crippen LogP contribution in [0.15, 0.2) is 0 Å². The second-order valence-corrected chi connectivity index (χ2v) is 29.5. The van der Waals surface area contributed by atoms with Crippen molar-refractivity contribution >= 4 is 39.5 Å². The number of rotatable bonds is 66. The number of esters is 4. The molecular weight excluding hydrogens is 1160 g/mol. The Labute approximate surface area is 537 Å². The number of hydrogen-bond acceptors (Lipinski definition) is 15. The molecule has 0 amide bonds. The van der Waals surface area contributed by atoms with E-state index >= 15 is 0 Å². The van der Waals surface area contributed by atoms with Gasteiger partial charge in [0.05, 0.1) is 26.4 Å². The van der Waals surface area contributed by atoms with E-state index in [-0.39, 0.29) is 25.7 Å². The van der Waals surface area contributed by atoms with Gasteiger partial charge in [-0.05, 0) is 49.4 Å². The number of ether oxygens (including phenoxy) is 4. The number of phosphoric ester groups is 2. The summed E-state index contributed by atoms with van der Waals surface area (Å²) < 4.78 is 68.2. The van der Waals surface area contributed by atoms with Crippen LogP contribution in [0.3, 0.4) is 0 Å². The maximum absolute atomic E-state index is 13.0. The Balaban J connectivity index is 5.25. The zero-order chi connectivity index (χ0) is 65.4. The van der Waals surface area contributed by atoms with E-state index in [9.17, 15) is 43.2 Å². The first-order chi connectivity index (χ1) is 42.1. The van der Waals surface area contributed by atoms with Crippen molar-refractivity contribution in [2.75, 3.05) is 39.6 Å². The van der Waals surface area contributed by atoms with E-state index in [1.807, 2.05) is 0 Å². The van der Waals surface area contributed by atoms with E-state index in [4.69, 9.17) is 37.0 Å². The van der Waals surface area contributed by atoms with Crippen molar-refractivity contribution in [2.24, 2.45) is 23.7 Å². The van der Waals surface area contributed by atoms with Gasteiger partial charge in [-0.3, -0.25) is 37.3 Å². The number of carbonyl (C=O) groups excluding carboxylic acids is 4. The largest absolute Gasteiger partial charge is 0.472 e. The zero-order valence-electron chi connectivity index (χ0n) is 57.3. The molecule has 3 N–H and O–H groups in total. The lowest BCUT2D eigenvalue weighted by molar-refractivity contribution is -0.161. The van der Waals surface area contributed by atoms with Crippen LogP contribution in [0.5, 0.6) is 0 Å². The molecule has 6 atom stereocenters. The van der Waals surface area contributed by atoms with Gasteiger partial charge in [0.15, 0.2) is 12.2 Å². The fourth-order valence-electron chi connectivity index (χ4n) is 10.3. The van der Waals surface area contributed by atoms with Crippen LogP contribution in [0, 0.1) is 23.7 Å². The van der Waals surface area contributed by atoms with Gasteiger partial charge in [0.25, 0.3) is 0 Å². The summed E-state index contributed by atoms with van der Waals surface area (Å²) in [5.74, 6) is 0.837. The molecule has 0 aliphatic rings. The predicted molar refractivity (Wildman–Crippen MR) is 354 cm³/mol. The minimum absolute atomic E-state index is 0.103. The molecule has 0 heterocycles. The number of carbonyl (C=O) groups is 4. The summed E-state index contributed by atoms with van der Waals surface area (Å²) in [5, 5.41) is 10.6. The molecule has 522 valence electrons. The highest BCUT2D eigenvalue weighted by atomic mass is 31.2. The Morgan fingerprint density at radius 3 is 0.807 bits per heavy atom. The number of hydrogen-bond donors (Lipinski definition) is 3. The Bertz CT molecular complexity index is 1750. The minimum Gasteiger partial charge on any atom is -0.462 e. The van der Waals surface area contributed by atoms with Crippen molar-refractivity contribution in [1.82, 2.24) is 0 Å². The van der Waals surface area contributed by atoms with Crippen molar-refractivity contribution in [2.45, 2.75) is 356 Å². The van der Waals surface area contributed by atoms with Gasteiger partial charge in [0, 0.05) is 25.7 Å². The van der Waals surface area contributed by atoms with Crippen LogP contribution in [-0.4, -0.2) is 96.7 Å². The SMILES string of the molecule is CCC(C)CCCCCCCCC(=O)OC[C@H](COP(=O)(O)OC[C@H](O)COP(=O)(O)OC[C@@H](COC(=O)CCCCCCCCCCCC(C)C)OC(=O)CCCCCCCCCCC(C)C)OC(=O)CCCCCCCCCCCCCCC(C)C. The molecule has 0 fully saturated rings. The van der Waals surface area contributed by atoms with Crippen molar-refractivity contribution < 1.29 is 80.2 Å². The summed E-state index contributed by atoms with van der Waals surface area (Å²) in [6.07, 6.45) is 40.4. The van der Waals surface area contributed by atoms with Crippen molar-refractivity contribution in [3.8, 4) is 0 Å². The lowest BCUT2D eigenvalue weighted by atomic mass is 10.00. The third-order valence-electron chi connectivity index (χ3n) is 16.2. The average Bonchev–Trinajstić information content (AvgIpc) is 3.49. The quantitative estimate of drug-likeness (QED) is 0.0222. The highest BCUT2D eigenvalue weighted by Crippen LogP contribution is 2.45. The molecule has 17 nitrogen and oxygen atoms in total. The van der Waals surface area contributed by atoms with Gasteiger partial charge < -0.3 is 33.8 Å². The molecule has 0 aromatic carbocycles. The second kappa shape index (κ2) is 58.8. The van der Waals surface area contributed by atoms with Crippen LogP contribution >= 0.6 is 15.6 Å². The molecule has 0 bridgehead atoms. The van der Waals surface area contributed by atoms with Crippen LogP contribution in [0.2, 0.25) is 0 Å². The van der Waals surface area contributed by atoms with E-state index < -0.39 is 97.5 Å². The van der Waals surface area contributed by atoms with Gasteiger partial charge in [-0.25, -0.2) is 9.13 Å². The topological polar surface area (TPSA) is 237 Å². The molecule has 0 aromatic rings. The highest BCUT2D eigenvalue weighted by Gasteiger charge is 2.30. The molecule has 0 aromatic heterocycles. The number of phosphoric acid groups is 2. The van der Waals surface area contributed by atoms with E-state index in [0.29, 0.717) is 25.7 Å². The molecule has 0 aliphatic heterocycles. The van der Waals surface area contributed by atoms with Crippen LogP contribution in [0.1, 0.15) is 338 Å². The van der Waals surface area contributed by atoms with Crippen molar-refractivity contribution in [1.29, 1.82) is 0 Å². The summed E-state index contributed by atoms with van der Waals surface area (Å²) in [5.41, 5.74) is 0. The van der Waals surface area contributed by atoms with E-state index in [1.54, 1.807) is 0 Å². The van der Waals surface area contributed by atoms with Crippen LogP contribution in [0.25, 0.3) is 0 Å². The molecule has 0 spiro atoms. The van der Waals surface area contributed by atoms with E-state index in [0.717, 1.165) is 120 Å². The molecule has 0 aliphatic carbocycles. The molecule has 88 heavy (non-hydrogen) atoms. The fraction of sp³-hybridized carbons (Fsp3) is 0.942. The number of aliphatic hydroxyl groups excluding tert-OH is 1. The Morgan fingerprint density at radius 2 is 0.545 bits per heavy atom. The van der Waals surface area contributed by atoms with Crippen LogP contribution in [-0.2, 0) is 65.4 Å². The maximum atomic E-state index is 13.0. The van der Waals surface area contributed by atoms with E-state index in [1.165, 1.54) is 135 Å². The molecule has 3 unspecified atom stereocenters. The highest BCUT2D eigenvalue weighted by molar-refractivity contribution is 7.47. The normalized spacial score (nSPS) is 14.6. The Kier molecular flexibility index (Phi) is 57.6. The second-order valence-electron chi connectivity index (χ2n) is 26.6. The summed E-state index contributed by atoms with van der Waals surface area (Å²) in [6.45, 7) is 14.0. The van der Waals surface area contributed by atoms with Crippen molar-refractivity contribution in [3.05, 3.63) is 0 Å². The van der Waals surface area contributed by atoms with Gasteiger partial charge in [-0.2, -0.15) is 0 Å². The van der Waals surface area contributed by atoms with Crippen LogP contribution < -0.4 is 0 Å². The maximum Gasteiger partial charge on any atom is 0.472 e. The third kappa shape index (κ3) is 61.6. The van der Waals surface area contributed by atoms with Gasteiger partial charge in [0.1, 0.15) is 19.3 Å². The molecule has 0 saturated heterocycles. The first kappa shape index (κ1) is 86.1. The summed E-state index contributed by atoms with van der Waals surface area (Å²) in [7, 11) is -9.90. The molecule has 0 saturated carbocycles. The lowest BCUT2D eigenvalue weighted by Crippen LogP contribution is -2.30. The minimum atomic E-state index is -4.95. The monoisotopic (exact) mass is 1300 g/mol. The number of unbranched alkanes of at least 4 members (excludes halogenated alkanes) is 31. The zero-order valence-corrected chi connectivity index (χ0v) is 59.1. The lowest BCUT2D eigenvalue weighted by Gasteiger charge is -2.21. The first-order valence-electron chi connectivity index (χ1n) is 35.7. The summed E-state index contributed by atoms with van der Waals surface area (Å²) >= 11 is 0. The summed E-state index contributed by atoms with van der Waals surface area (Å²) in [6, 6.07) is 0. The summed E-state index contributed by atoms with van der Waals surface area (Å²) in [4.78, 5) is 72.5. The van der Waals surface area contributed by atoms with Gasteiger partial charge >= 0.3 is 39.5 Å². The van der Waals surface area contributed by atoms with Gasteiger partial charge in [-0.1, -0.05) is 287 Å².